The first-order chi connectivity index (χ1) is 8.66. The zero-order valence-electron chi connectivity index (χ0n) is 9.99. The Labute approximate surface area is 105 Å². The van der Waals surface area contributed by atoms with Crippen molar-refractivity contribution in [2.45, 2.75) is 0 Å². The summed E-state index contributed by atoms with van der Waals surface area (Å²) in [7, 11) is 1.81. The number of hydrogen-bond donors (Lipinski definition) is 2. The summed E-state index contributed by atoms with van der Waals surface area (Å²) in [6, 6.07) is 14.0. The average molecular weight is 242 g/mol. The van der Waals surface area contributed by atoms with E-state index in [2.05, 4.69) is 5.10 Å². The monoisotopic (exact) mass is 242 g/mol. The molecule has 18 heavy (non-hydrogen) atoms. The first kappa shape index (κ1) is 12.0. The van der Waals surface area contributed by atoms with Crippen molar-refractivity contribution in [2.75, 3.05) is 12.1 Å². The molecular formula is C14H14N2O2. The predicted octanol–water partition coefficient (Wildman–Crippen LogP) is 2.57. The van der Waals surface area contributed by atoms with Gasteiger partial charge in [0.25, 0.3) is 0 Å². The fraction of sp³-hybridized carbons (Fsp3) is 0.0714. The molecule has 0 saturated heterocycles. The third-order valence-electron chi connectivity index (χ3n) is 2.51. The Morgan fingerprint density at radius 3 is 2.50 bits per heavy atom. The summed E-state index contributed by atoms with van der Waals surface area (Å²) < 4.78 is 0. The van der Waals surface area contributed by atoms with E-state index in [1.165, 1.54) is 24.4 Å². The van der Waals surface area contributed by atoms with E-state index < -0.39 is 0 Å². The summed E-state index contributed by atoms with van der Waals surface area (Å²) in [5.74, 6) is 0.176. The van der Waals surface area contributed by atoms with Gasteiger partial charge in [0.1, 0.15) is 11.5 Å². The molecule has 2 aromatic carbocycles. The Kier molecular flexibility index (Phi) is 3.48. The van der Waals surface area contributed by atoms with Crippen molar-refractivity contribution in [1.82, 2.24) is 0 Å². The summed E-state index contributed by atoms with van der Waals surface area (Å²) in [5.41, 5.74) is 1.41. The summed E-state index contributed by atoms with van der Waals surface area (Å²) in [6.07, 6.45) is 1.50. The number of hydrogen-bond acceptors (Lipinski definition) is 4. The maximum absolute atomic E-state index is 9.60. The van der Waals surface area contributed by atoms with E-state index in [1.807, 2.05) is 37.4 Å². The van der Waals surface area contributed by atoms with Gasteiger partial charge in [-0.2, -0.15) is 5.10 Å². The lowest BCUT2D eigenvalue weighted by Crippen LogP contribution is -2.08. The van der Waals surface area contributed by atoms with E-state index in [4.69, 9.17) is 0 Å². The molecule has 92 valence electrons. The predicted molar refractivity (Wildman–Crippen MR) is 72.2 cm³/mol. The highest BCUT2D eigenvalue weighted by atomic mass is 16.3. The quantitative estimate of drug-likeness (QED) is 0.494. The van der Waals surface area contributed by atoms with Crippen LogP contribution in [0.5, 0.6) is 11.5 Å². The number of phenols is 2. The summed E-state index contributed by atoms with van der Waals surface area (Å²) in [6.45, 7) is 0. The molecule has 4 heteroatoms. The van der Waals surface area contributed by atoms with Crippen LogP contribution in [0, 0.1) is 0 Å². The second-order valence-electron chi connectivity index (χ2n) is 3.85. The molecule has 2 aromatic rings. The second-order valence-corrected chi connectivity index (χ2v) is 3.85. The molecule has 0 heterocycles. The van der Waals surface area contributed by atoms with E-state index in [0.29, 0.717) is 5.56 Å². The van der Waals surface area contributed by atoms with E-state index in [1.54, 1.807) is 5.01 Å². The van der Waals surface area contributed by atoms with Crippen molar-refractivity contribution >= 4 is 11.9 Å². The van der Waals surface area contributed by atoms with Crippen molar-refractivity contribution in [2.24, 2.45) is 5.10 Å². The highest BCUT2D eigenvalue weighted by Gasteiger charge is 2.00. The standard InChI is InChI=1S/C14H14N2O2/c1-16(12-5-3-2-4-6-12)15-10-11-9-13(17)7-8-14(11)18/h2-10,17-18H,1H3/b15-10+. The van der Waals surface area contributed by atoms with Crippen molar-refractivity contribution in [3.05, 3.63) is 54.1 Å². The number of phenolic OH excluding ortho intramolecular Hbond substituents is 2. The molecule has 0 saturated carbocycles. The fourth-order valence-electron chi connectivity index (χ4n) is 1.50. The third-order valence-corrected chi connectivity index (χ3v) is 2.51. The summed E-state index contributed by atoms with van der Waals surface area (Å²) in [4.78, 5) is 0. The Hall–Kier alpha value is -2.49. The largest absolute Gasteiger partial charge is 0.508 e. The Bertz CT molecular complexity index is 553. The van der Waals surface area contributed by atoms with Crippen LogP contribution in [-0.4, -0.2) is 23.5 Å². The minimum Gasteiger partial charge on any atom is -0.508 e. The van der Waals surface area contributed by atoms with Gasteiger partial charge in [0.15, 0.2) is 0 Å². The molecule has 0 radical (unpaired) electrons. The minimum absolute atomic E-state index is 0.0815. The molecule has 2 N–H and O–H groups in total. The number of para-hydroxylation sites is 1. The number of nitrogens with zero attached hydrogens (tertiary/aromatic N) is 2. The molecule has 0 aliphatic heterocycles. The normalized spacial score (nSPS) is 10.7. The van der Waals surface area contributed by atoms with Gasteiger partial charge in [-0.05, 0) is 30.3 Å². The van der Waals surface area contributed by atoms with Crippen LogP contribution in [0.4, 0.5) is 5.69 Å². The third kappa shape index (κ3) is 2.79. The molecule has 0 unspecified atom stereocenters. The first-order valence-electron chi connectivity index (χ1n) is 5.51. The molecule has 0 bridgehead atoms. The molecule has 0 aromatic heterocycles. The lowest BCUT2D eigenvalue weighted by Gasteiger charge is -2.12. The first-order valence-corrected chi connectivity index (χ1v) is 5.51. The minimum atomic E-state index is 0.0815. The SMILES string of the molecule is CN(/N=C/c1cc(O)ccc1O)c1ccccc1. The summed E-state index contributed by atoms with van der Waals surface area (Å²) >= 11 is 0. The zero-order chi connectivity index (χ0) is 13.0. The molecule has 0 fully saturated rings. The van der Waals surface area contributed by atoms with E-state index in [-0.39, 0.29) is 11.5 Å². The molecular weight excluding hydrogens is 228 g/mol. The van der Waals surface area contributed by atoms with Gasteiger partial charge in [-0.3, -0.25) is 5.01 Å². The number of rotatable bonds is 3. The molecule has 0 amide bonds. The van der Waals surface area contributed by atoms with Crippen LogP contribution >= 0.6 is 0 Å². The van der Waals surface area contributed by atoms with Crippen LogP contribution < -0.4 is 5.01 Å². The van der Waals surface area contributed by atoms with Crippen molar-refractivity contribution in [1.29, 1.82) is 0 Å². The maximum Gasteiger partial charge on any atom is 0.124 e. The highest BCUT2D eigenvalue weighted by Crippen LogP contribution is 2.20. The smallest absolute Gasteiger partial charge is 0.124 e. The van der Waals surface area contributed by atoms with Crippen LogP contribution in [0.15, 0.2) is 53.6 Å². The van der Waals surface area contributed by atoms with Gasteiger partial charge in [0, 0.05) is 12.6 Å². The van der Waals surface area contributed by atoms with E-state index in [9.17, 15) is 10.2 Å². The van der Waals surface area contributed by atoms with Crippen LogP contribution in [-0.2, 0) is 0 Å². The molecule has 4 nitrogen and oxygen atoms in total. The lowest BCUT2D eigenvalue weighted by atomic mass is 10.2. The van der Waals surface area contributed by atoms with Gasteiger partial charge in [-0.1, -0.05) is 18.2 Å². The number of aromatic hydroxyl groups is 2. The lowest BCUT2D eigenvalue weighted by molar-refractivity contribution is 0.459. The highest BCUT2D eigenvalue weighted by molar-refractivity contribution is 5.84. The summed E-state index contributed by atoms with van der Waals surface area (Å²) in [5, 5.41) is 24.8. The fourth-order valence-corrected chi connectivity index (χ4v) is 1.50. The van der Waals surface area contributed by atoms with Gasteiger partial charge >= 0.3 is 0 Å². The second kappa shape index (κ2) is 5.23. The average Bonchev–Trinajstić information content (AvgIpc) is 2.40. The number of anilines is 1. The van der Waals surface area contributed by atoms with Crippen molar-refractivity contribution in [3.8, 4) is 11.5 Å². The molecule has 0 atom stereocenters. The Balaban J connectivity index is 2.18. The van der Waals surface area contributed by atoms with Gasteiger partial charge in [-0.25, -0.2) is 0 Å². The van der Waals surface area contributed by atoms with Crippen molar-refractivity contribution < 1.29 is 10.2 Å². The van der Waals surface area contributed by atoms with E-state index in [0.717, 1.165) is 5.69 Å². The molecule has 0 aliphatic carbocycles. The topological polar surface area (TPSA) is 56.1 Å². The maximum atomic E-state index is 9.60. The molecule has 0 aliphatic rings. The van der Waals surface area contributed by atoms with Crippen LogP contribution in [0.25, 0.3) is 0 Å². The van der Waals surface area contributed by atoms with Crippen LogP contribution in [0.1, 0.15) is 5.56 Å². The molecule has 2 rings (SSSR count). The number of benzene rings is 2. The van der Waals surface area contributed by atoms with Gasteiger partial charge in [0.2, 0.25) is 0 Å². The van der Waals surface area contributed by atoms with E-state index >= 15 is 0 Å². The van der Waals surface area contributed by atoms with Gasteiger partial charge in [-0.15, -0.1) is 0 Å². The van der Waals surface area contributed by atoms with Crippen molar-refractivity contribution in [3.63, 3.8) is 0 Å². The zero-order valence-corrected chi connectivity index (χ0v) is 9.99. The van der Waals surface area contributed by atoms with Crippen LogP contribution in [0.3, 0.4) is 0 Å². The van der Waals surface area contributed by atoms with Crippen LogP contribution in [0.2, 0.25) is 0 Å². The molecule has 0 spiro atoms. The number of hydrazone groups is 1. The van der Waals surface area contributed by atoms with Gasteiger partial charge in [0.05, 0.1) is 11.9 Å². The Morgan fingerprint density at radius 2 is 1.78 bits per heavy atom. The van der Waals surface area contributed by atoms with Gasteiger partial charge < -0.3 is 10.2 Å². The Morgan fingerprint density at radius 1 is 1.06 bits per heavy atom.